The molecule has 0 saturated carbocycles. The first-order valence-electron chi connectivity index (χ1n) is 6.56. The maximum absolute atomic E-state index is 14.4. The summed E-state index contributed by atoms with van der Waals surface area (Å²) in [6.45, 7) is 0.0418. The average molecular weight is 318 g/mol. The smallest absolute Gasteiger partial charge is 0.308 e. The summed E-state index contributed by atoms with van der Waals surface area (Å²) >= 11 is 1.09. The molecule has 2 bridgehead atoms. The third kappa shape index (κ3) is 1.75. The van der Waals surface area contributed by atoms with Gasteiger partial charge in [0.1, 0.15) is 17.8 Å². The van der Waals surface area contributed by atoms with Gasteiger partial charge in [0.25, 0.3) is 0 Å². The van der Waals surface area contributed by atoms with Crippen LogP contribution in [-0.4, -0.2) is 56.5 Å². The second-order valence-electron chi connectivity index (χ2n) is 5.63. The van der Waals surface area contributed by atoms with Crippen LogP contribution in [0.5, 0.6) is 0 Å². The van der Waals surface area contributed by atoms with E-state index in [0.29, 0.717) is 0 Å². The van der Waals surface area contributed by atoms with Crippen molar-refractivity contribution in [3.63, 3.8) is 0 Å². The fraction of sp³-hybridized carbons (Fsp3) is 0.571. The normalized spacial score (nSPS) is 44.2. The number of benzene rings is 1. The average Bonchev–Trinajstić information content (AvgIpc) is 2.81. The van der Waals surface area contributed by atoms with Crippen LogP contribution in [0.2, 0.25) is 0 Å². The second kappa shape index (κ2) is 4.63. The number of rotatable bonds is 3. The first-order chi connectivity index (χ1) is 9.78. The van der Waals surface area contributed by atoms with Crippen molar-refractivity contribution in [3.8, 4) is 0 Å². The number of thioether (sulfide) groups is 1. The van der Waals surface area contributed by atoms with Gasteiger partial charge in [0.2, 0.25) is 0 Å². The number of aliphatic hydroxyl groups excluding tert-OH is 2. The van der Waals surface area contributed by atoms with Gasteiger partial charge in [0.15, 0.2) is 5.60 Å². The Morgan fingerprint density at radius 3 is 2.48 bits per heavy atom. The zero-order valence-electron chi connectivity index (χ0n) is 11.2. The van der Waals surface area contributed by atoms with Crippen molar-refractivity contribution in [2.45, 2.75) is 46.4 Å². The lowest BCUT2D eigenvalue weighted by Crippen LogP contribution is -2.71. The van der Waals surface area contributed by atoms with Crippen LogP contribution in [0.3, 0.4) is 0 Å². The van der Waals surface area contributed by atoms with Gasteiger partial charge in [-0.05, 0) is 19.1 Å². The van der Waals surface area contributed by atoms with Crippen molar-refractivity contribution in [2.24, 2.45) is 0 Å². The summed E-state index contributed by atoms with van der Waals surface area (Å²) in [5.41, 5.74) is -4.68. The van der Waals surface area contributed by atoms with E-state index in [1.54, 1.807) is 30.3 Å². The van der Waals surface area contributed by atoms with E-state index in [-0.39, 0.29) is 0 Å². The van der Waals surface area contributed by atoms with Crippen LogP contribution < -0.4 is 0 Å². The molecule has 1 aromatic rings. The monoisotopic (exact) mass is 318 g/mol. The SMILES string of the molecule is C[C@]12O[C@H]([C@H](Sc3ccccc3)[C@H]1O)C(F)(F)[C@@]2(O)CO. The van der Waals surface area contributed by atoms with Crippen LogP contribution in [0.15, 0.2) is 35.2 Å². The highest BCUT2D eigenvalue weighted by molar-refractivity contribution is 8.00. The summed E-state index contributed by atoms with van der Waals surface area (Å²) in [4.78, 5) is 0.727. The molecule has 2 aliphatic rings. The Hall–Kier alpha value is -0.730. The highest BCUT2D eigenvalue weighted by atomic mass is 32.2. The third-order valence-electron chi connectivity index (χ3n) is 4.52. The lowest BCUT2D eigenvalue weighted by molar-refractivity contribution is -0.237. The van der Waals surface area contributed by atoms with Crippen molar-refractivity contribution in [1.82, 2.24) is 0 Å². The molecule has 0 amide bonds. The molecule has 1 aromatic carbocycles. The van der Waals surface area contributed by atoms with Crippen LogP contribution in [-0.2, 0) is 4.74 Å². The van der Waals surface area contributed by atoms with E-state index in [2.05, 4.69) is 0 Å². The molecular weight excluding hydrogens is 302 g/mol. The van der Waals surface area contributed by atoms with Gasteiger partial charge in [0, 0.05) is 4.90 Å². The maximum Gasteiger partial charge on any atom is 0.308 e. The number of alkyl halides is 2. The molecular formula is C14H16F2O4S. The molecule has 21 heavy (non-hydrogen) atoms. The predicted octanol–water partition coefficient (Wildman–Crippen LogP) is 1.04. The van der Waals surface area contributed by atoms with Gasteiger partial charge in [-0.3, -0.25) is 0 Å². The molecule has 2 fully saturated rings. The summed E-state index contributed by atoms with van der Waals surface area (Å²) in [7, 11) is 0. The summed E-state index contributed by atoms with van der Waals surface area (Å²) in [5.74, 6) is -3.64. The van der Waals surface area contributed by atoms with Gasteiger partial charge in [-0.2, -0.15) is 0 Å². The molecule has 5 atom stereocenters. The minimum atomic E-state index is -3.64. The van der Waals surface area contributed by atoms with Gasteiger partial charge < -0.3 is 20.1 Å². The van der Waals surface area contributed by atoms with Crippen LogP contribution >= 0.6 is 11.8 Å². The van der Waals surface area contributed by atoms with E-state index in [9.17, 15) is 24.1 Å². The molecule has 0 aromatic heterocycles. The van der Waals surface area contributed by atoms with Gasteiger partial charge in [-0.1, -0.05) is 18.2 Å². The summed E-state index contributed by atoms with van der Waals surface area (Å²) < 4.78 is 34.0. The molecule has 0 unspecified atom stereocenters. The van der Waals surface area contributed by atoms with E-state index >= 15 is 0 Å². The number of halogens is 2. The first-order valence-corrected chi connectivity index (χ1v) is 7.44. The number of aliphatic hydroxyl groups is 3. The fourth-order valence-corrected chi connectivity index (χ4v) is 4.48. The molecule has 0 spiro atoms. The molecule has 2 saturated heterocycles. The quantitative estimate of drug-likeness (QED) is 0.777. The van der Waals surface area contributed by atoms with Crippen molar-refractivity contribution >= 4 is 11.8 Å². The molecule has 3 N–H and O–H groups in total. The predicted molar refractivity (Wildman–Crippen MR) is 72.4 cm³/mol. The molecule has 3 rings (SSSR count). The van der Waals surface area contributed by atoms with Crippen LogP contribution in [0, 0.1) is 0 Å². The Morgan fingerprint density at radius 2 is 1.90 bits per heavy atom. The lowest BCUT2D eigenvalue weighted by Gasteiger charge is -2.45. The molecule has 4 nitrogen and oxygen atoms in total. The summed E-state index contributed by atoms with van der Waals surface area (Å²) in [5, 5.41) is 28.8. The Kier molecular flexibility index (Phi) is 3.35. The maximum atomic E-state index is 14.4. The zero-order chi connectivity index (χ0) is 15.5. The van der Waals surface area contributed by atoms with Gasteiger partial charge in [-0.25, -0.2) is 8.78 Å². The second-order valence-corrected chi connectivity index (χ2v) is 6.88. The van der Waals surface area contributed by atoms with E-state index in [4.69, 9.17) is 4.74 Å². The van der Waals surface area contributed by atoms with Crippen LogP contribution in [0.4, 0.5) is 8.78 Å². The van der Waals surface area contributed by atoms with Crippen molar-refractivity contribution in [3.05, 3.63) is 30.3 Å². The van der Waals surface area contributed by atoms with Crippen LogP contribution in [0.25, 0.3) is 0 Å². The van der Waals surface area contributed by atoms with Crippen molar-refractivity contribution in [2.75, 3.05) is 6.61 Å². The summed E-state index contributed by atoms with van der Waals surface area (Å²) in [6.07, 6.45) is -2.97. The topological polar surface area (TPSA) is 69.9 Å². The molecule has 7 heteroatoms. The highest BCUT2D eigenvalue weighted by Gasteiger charge is 2.83. The largest absolute Gasteiger partial charge is 0.393 e. The third-order valence-corrected chi connectivity index (χ3v) is 5.84. The van der Waals surface area contributed by atoms with Crippen molar-refractivity contribution < 1.29 is 28.8 Å². The number of fused-ring (bicyclic) bond motifs is 2. The van der Waals surface area contributed by atoms with Crippen LogP contribution in [0.1, 0.15) is 6.92 Å². The zero-order valence-corrected chi connectivity index (χ0v) is 12.1. The fourth-order valence-electron chi connectivity index (χ4n) is 3.11. The van der Waals surface area contributed by atoms with Crippen molar-refractivity contribution in [1.29, 1.82) is 0 Å². The Balaban J connectivity index is 1.95. The molecule has 2 heterocycles. The molecule has 0 aliphatic carbocycles. The minimum Gasteiger partial charge on any atom is -0.393 e. The van der Waals surface area contributed by atoms with Gasteiger partial charge in [0.05, 0.1) is 11.9 Å². The number of ether oxygens (including phenoxy) is 1. The van der Waals surface area contributed by atoms with E-state index in [1.165, 1.54) is 6.92 Å². The molecule has 116 valence electrons. The van der Waals surface area contributed by atoms with E-state index < -0.39 is 41.2 Å². The Labute approximate surface area is 124 Å². The van der Waals surface area contributed by atoms with Gasteiger partial charge >= 0.3 is 5.92 Å². The number of hydrogen-bond acceptors (Lipinski definition) is 5. The van der Waals surface area contributed by atoms with E-state index in [1.807, 2.05) is 0 Å². The number of hydrogen-bond donors (Lipinski definition) is 3. The Morgan fingerprint density at radius 1 is 1.29 bits per heavy atom. The van der Waals surface area contributed by atoms with E-state index in [0.717, 1.165) is 16.7 Å². The molecule has 2 aliphatic heterocycles. The van der Waals surface area contributed by atoms with Gasteiger partial charge in [-0.15, -0.1) is 11.8 Å². The molecule has 0 radical (unpaired) electrons. The highest BCUT2D eigenvalue weighted by Crippen LogP contribution is 2.61. The summed E-state index contributed by atoms with van der Waals surface area (Å²) in [6, 6.07) is 8.85. The Bertz CT molecular complexity index is 543. The standard InChI is InChI=1S/C14H16F2O4S/c1-12-10(18)9(21-8-5-3-2-4-6-8)11(20-12)14(15,16)13(12,19)7-17/h2-6,9-11,17-19H,7H2,1H3/t9-,10-,11-,12+,13-/m1/s1. The first kappa shape index (κ1) is 15.2. The minimum absolute atomic E-state index is 0.727. The lowest BCUT2D eigenvalue weighted by atomic mass is 9.71.